The zero-order chi connectivity index (χ0) is 11.9. The fourth-order valence-electron chi connectivity index (χ4n) is 1.36. The van der Waals surface area contributed by atoms with Gasteiger partial charge in [0.15, 0.2) is 0 Å². The van der Waals surface area contributed by atoms with E-state index in [9.17, 15) is 4.79 Å². The molecular weight excluding hydrogens is 340 g/mol. The Bertz CT molecular complexity index is 602. The topological polar surface area (TPSA) is 63.6 Å². The molecule has 16 heavy (non-hydrogen) atoms. The number of tetrazole rings is 1. The Morgan fingerprint density at radius 3 is 2.62 bits per heavy atom. The molecule has 0 radical (unpaired) electrons. The lowest BCUT2D eigenvalue weighted by Crippen LogP contribution is -2.17. The number of nitrogens with one attached hydrogen (secondary N) is 1. The van der Waals surface area contributed by atoms with E-state index in [0.717, 1.165) is 20.1 Å². The van der Waals surface area contributed by atoms with E-state index in [-0.39, 0.29) is 5.69 Å². The van der Waals surface area contributed by atoms with Crippen LogP contribution in [0.3, 0.4) is 0 Å². The van der Waals surface area contributed by atoms with Crippen LogP contribution in [-0.2, 0) is 0 Å². The number of nitrogens with zero attached hydrogens (tertiary/aromatic N) is 3. The number of benzene rings is 1. The third-order valence-electron chi connectivity index (χ3n) is 2.38. The summed E-state index contributed by atoms with van der Waals surface area (Å²) in [7, 11) is 0. The third-order valence-corrected chi connectivity index (χ3v) is 3.96. The van der Waals surface area contributed by atoms with Crippen LogP contribution in [-0.4, -0.2) is 20.2 Å². The molecule has 2 aromatic rings. The molecule has 5 nitrogen and oxygen atoms in total. The van der Waals surface area contributed by atoms with Crippen LogP contribution in [0, 0.1) is 13.8 Å². The minimum absolute atomic E-state index is 0.371. The molecule has 0 aliphatic carbocycles. The molecule has 0 saturated heterocycles. The van der Waals surface area contributed by atoms with E-state index >= 15 is 0 Å². The zero-order valence-electron chi connectivity index (χ0n) is 8.58. The number of hydrogen-bond donors (Lipinski definition) is 1. The largest absolute Gasteiger partial charge is 0.365 e. The number of aromatic amines is 1. The first-order valence-electron chi connectivity index (χ1n) is 4.48. The van der Waals surface area contributed by atoms with Crippen LogP contribution in [0.5, 0.6) is 0 Å². The van der Waals surface area contributed by atoms with Crippen molar-refractivity contribution in [3.05, 3.63) is 36.6 Å². The predicted octanol–water partition coefficient (Wildman–Crippen LogP) is 2.10. The van der Waals surface area contributed by atoms with E-state index < -0.39 is 0 Å². The third kappa shape index (κ3) is 1.73. The van der Waals surface area contributed by atoms with Gasteiger partial charge in [-0.15, -0.1) is 0 Å². The molecule has 0 aliphatic heterocycles. The van der Waals surface area contributed by atoms with Crippen LogP contribution in [0.4, 0.5) is 0 Å². The van der Waals surface area contributed by atoms with Crippen molar-refractivity contribution >= 4 is 31.9 Å². The minimum Gasteiger partial charge on any atom is -0.244 e. The molecule has 0 amide bonds. The van der Waals surface area contributed by atoms with Crippen molar-refractivity contribution in [1.82, 2.24) is 20.2 Å². The highest BCUT2D eigenvalue weighted by Crippen LogP contribution is 2.32. The van der Waals surface area contributed by atoms with Crippen molar-refractivity contribution in [3.63, 3.8) is 0 Å². The molecule has 1 N–H and O–H groups in total. The summed E-state index contributed by atoms with van der Waals surface area (Å²) in [4.78, 5) is 11.5. The highest BCUT2D eigenvalue weighted by atomic mass is 79.9. The first kappa shape index (κ1) is 11.5. The van der Waals surface area contributed by atoms with E-state index in [2.05, 4.69) is 47.4 Å². The molecule has 1 aromatic carbocycles. The van der Waals surface area contributed by atoms with Crippen LogP contribution >= 0.6 is 31.9 Å². The van der Waals surface area contributed by atoms with Gasteiger partial charge in [0, 0.05) is 8.95 Å². The molecule has 1 heterocycles. The predicted molar refractivity (Wildman–Crippen MR) is 66.9 cm³/mol. The van der Waals surface area contributed by atoms with Crippen LogP contribution in [0.25, 0.3) is 5.69 Å². The van der Waals surface area contributed by atoms with E-state index in [1.165, 1.54) is 4.68 Å². The summed E-state index contributed by atoms with van der Waals surface area (Å²) in [5, 5.41) is 9.44. The summed E-state index contributed by atoms with van der Waals surface area (Å²) in [5.41, 5.74) is 2.47. The number of aromatic nitrogens is 4. The fourth-order valence-corrected chi connectivity index (χ4v) is 3.03. The van der Waals surface area contributed by atoms with E-state index in [1.54, 1.807) is 0 Å². The van der Waals surface area contributed by atoms with Crippen molar-refractivity contribution in [2.75, 3.05) is 0 Å². The lowest BCUT2D eigenvalue weighted by atomic mass is 10.1. The Balaban J connectivity index is 2.81. The fraction of sp³-hybridized carbons (Fsp3) is 0.222. The lowest BCUT2D eigenvalue weighted by Gasteiger charge is -2.10. The van der Waals surface area contributed by atoms with Crippen molar-refractivity contribution < 1.29 is 0 Å². The lowest BCUT2D eigenvalue weighted by molar-refractivity contribution is 0.773. The van der Waals surface area contributed by atoms with E-state index in [1.807, 2.05) is 19.9 Å². The van der Waals surface area contributed by atoms with Crippen molar-refractivity contribution in [1.29, 1.82) is 0 Å². The van der Waals surface area contributed by atoms with Gasteiger partial charge in [0.2, 0.25) is 0 Å². The molecule has 0 bridgehead atoms. The SMILES string of the molecule is Cc1cc(Br)c(-n2nn[nH]c2=O)c(Br)c1C. The van der Waals surface area contributed by atoms with Crippen molar-refractivity contribution in [2.24, 2.45) is 0 Å². The molecule has 84 valence electrons. The van der Waals surface area contributed by atoms with Gasteiger partial charge in [-0.1, -0.05) is 0 Å². The Morgan fingerprint density at radius 2 is 2.06 bits per heavy atom. The van der Waals surface area contributed by atoms with Gasteiger partial charge in [-0.05, 0) is 73.3 Å². The molecule has 0 spiro atoms. The van der Waals surface area contributed by atoms with Crippen molar-refractivity contribution in [3.8, 4) is 5.69 Å². The van der Waals surface area contributed by atoms with Gasteiger partial charge in [-0.25, -0.2) is 9.89 Å². The summed E-state index contributed by atoms with van der Waals surface area (Å²) in [6.45, 7) is 3.97. The number of hydrogen-bond acceptors (Lipinski definition) is 3. The van der Waals surface area contributed by atoms with E-state index in [4.69, 9.17) is 0 Å². The molecule has 0 atom stereocenters. The van der Waals surface area contributed by atoms with Gasteiger partial charge in [-0.2, -0.15) is 4.68 Å². The quantitative estimate of drug-likeness (QED) is 0.859. The van der Waals surface area contributed by atoms with Gasteiger partial charge in [0.05, 0.1) is 0 Å². The average molecular weight is 348 g/mol. The van der Waals surface area contributed by atoms with Gasteiger partial charge < -0.3 is 0 Å². The first-order valence-corrected chi connectivity index (χ1v) is 6.07. The smallest absolute Gasteiger partial charge is 0.244 e. The number of H-pyrrole nitrogens is 1. The minimum atomic E-state index is -0.371. The molecule has 1 aromatic heterocycles. The molecule has 0 saturated carbocycles. The van der Waals surface area contributed by atoms with Gasteiger partial charge in [0.25, 0.3) is 0 Å². The monoisotopic (exact) mass is 346 g/mol. The Morgan fingerprint density at radius 1 is 1.38 bits per heavy atom. The number of rotatable bonds is 1. The molecule has 2 rings (SSSR count). The second kappa shape index (κ2) is 4.14. The van der Waals surface area contributed by atoms with Crippen LogP contribution in [0.15, 0.2) is 19.8 Å². The average Bonchev–Trinajstić information content (AvgIpc) is 2.62. The van der Waals surface area contributed by atoms with Crippen LogP contribution in [0.1, 0.15) is 11.1 Å². The summed E-state index contributed by atoms with van der Waals surface area (Å²) in [6, 6.07) is 1.94. The van der Waals surface area contributed by atoms with Gasteiger partial charge >= 0.3 is 5.69 Å². The second-order valence-electron chi connectivity index (χ2n) is 3.38. The van der Waals surface area contributed by atoms with Gasteiger partial charge in [0.1, 0.15) is 5.69 Å². The Hall–Kier alpha value is -0.950. The summed E-state index contributed by atoms with van der Waals surface area (Å²) in [6.07, 6.45) is 0. The highest BCUT2D eigenvalue weighted by Gasteiger charge is 2.15. The maximum atomic E-state index is 11.5. The van der Waals surface area contributed by atoms with Crippen LogP contribution in [0.2, 0.25) is 0 Å². The maximum absolute atomic E-state index is 11.5. The maximum Gasteiger partial charge on any atom is 0.365 e. The van der Waals surface area contributed by atoms with Crippen LogP contribution < -0.4 is 5.69 Å². The Kier molecular flexibility index (Phi) is 2.98. The number of halogens is 2. The zero-order valence-corrected chi connectivity index (χ0v) is 11.8. The molecular formula is C9H8Br2N4O. The summed E-state index contributed by atoms with van der Waals surface area (Å²) < 4.78 is 2.83. The number of aryl methyl sites for hydroxylation is 1. The highest BCUT2D eigenvalue weighted by molar-refractivity contribution is 9.11. The summed E-state index contributed by atoms with van der Waals surface area (Å²) in [5.74, 6) is 0. The van der Waals surface area contributed by atoms with E-state index in [0.29, 0.717) is 5.69 Å². The van der Waals surface area contributed by atoms with Gasteiger partial charge in [-0.3, -0.25) is 0 Å². The normalized spacial score (nSPS) is 10.8. The Labute approximate surface area is 108 Å². The summed E-state index contributed by atoms with van der Waals surface area (Å²) >= 11 is 6.88. The molecule has 0 unspecified atom stereocenters. The molecule has 0 fully saturated rings. The standard InChI is InChI=1S/C9H8Br2N4O/c1-4-3-6(10)8(7(11)5(4)2)15-9(16)12-13-14-15/h3H,1-2H3,(H,12,14,16). The second-order valence-corrected chi connectivity index (χ2v) is 5.03. The molecule has 0 aliphatic rings. The molecule has 7 heteroatoms. The van der Waals surface area contributed by atoms with Crippen molar-refractivity contribution in [2.45, 2.75) is 13.8 Å². The first-order chi connectivity index (χ1) is 7.52.